The Morgan fingerprint density at radius 2 is 1.97 bits per heavy atom. The minimum absolute atomic E-state index is 0.306. The Morgan fingerprint density at radius 3 is 2.66 bits per heavy atom. The van der Waals surface area contributed by atoms with E-state index in [1.54, 1.807) is 0 Å². The Kier molecular flexibility index (Phi) is 4.96. The first-order chi connectivity index (χ1) is 13.9. The summed E-state index contributed by atoms with van der Waals surface area (Å²) in [6, 6.07) is 10.5. The molecular formula is C21H20F3N3O2. The number of carbonyl (C=O) groups is 1. The number of carbonyl (C=O) groups excluding carboxylic acids is 1. The van der Waals surface area contributed by atoms with Crippen LogP contribution < -0.4 is 10.2 Å². The number of fused-ring (bicyclic) bond motifs is 1. The topological polar surface area (TPSA) is 44.8 Å². The van der Waals surface area contributed by atoms with E-state index in [1.807, 2.05) is 23.1 Å². The molecule has 0 spiro atoms. The highest BCUT2D eigenvalue weighted by Gasteiger charge is 2.35. The third kappa shape index (κ3) is 3.67. The second kappa shape index (κ2) is 7.44. The average molecular weight is 403 g/mol. The molecule has 2 aliphatic heterocycles. The smallest absolute Gasteiger partial charge is 0.382 e. The third-order valence-corrected chi connectivity index (χ3v) is 5.15. The second-order valence-corrected chi connectivity index (χ2v) is 6.94. The molecule has 152 valence electrons. The van der Waals surface area contributed by atoms with Crippen molar-refractivity contribution < 1.29 is 22.8 Å². The molecule has 2 bridgehead atoms. The van der Waals surface area contributed by atoms with Gasteiger partial charge in [-0.05, 0) is 42.5 Å². The standard InChI is InChI=1S/C21H20F3N3O2/c1-2-20(28)27-16-12-17-18(25-10-11-29-27)4-3-5-19(17)26(13-16)15-8-6-14(7-9-15)21(22,23)24/h2-9,16,25H,1,10-13H2. The molecule has 29 heavy (non-hydrogen) atoms. The van der Waals surface area contributed by atoms with E-state index in [2.05, 4.69) is 11.9 Å². The maximum atomic E-state index is 13.0. The molecule has 8 heteroatoms. The van der Waals surface area contributed by atoms with Crippen molar-refractivity contribution in [1.29, 1.82) is 0 Å². The lowest BCUT2D eigenvalue weighted by atomic mass is 9.95. The Morgan fingerprint density at radius 1 is 1.21 bits per heavy atom. The zero-order chi connectivity index (χ0) is 20.6. The van der Waals surface area contributed by atoms with Gasteiger partial charge >= 0.3 is 6.18 Å². The molecule has 2 heterocycles. The number of hydrogen-bond acceptors (Lipinski definition) is 4. The molecule has 2 aromatic rings. The molecule has 0 saturated carbocycles. The van der Waals surface area contributed by atoms with E-state index in [4.69, 9.17) is 4.84 Å². The van der Waals surface area contributed by atoms with E-state index in [0.29, 0.717) is 31.8 Å². The first kappa shape index (κ1) is 19.3. The van der Waals surface area contributed by atoms with Gasteiger partial charge in [0.15, 0.2) is 0 Å². The predicted molar refractivity (Wildman–Crippen MR) is 104 cm³/mol. The summed E-state index contributed by atoms with van der Waals surface area (Å²) < 4.78 is 38.9. The number of nitrogens with one attached hydrogen (secondary N) is 1. The zero-order valence-corrected chi connectivity index (χ0v) is 15.6. The molecular weight excluding hydrogens is 383 g/mol. The van der Waals surface area contributed by atoms with Gasteiger partial charge in [-0.3, -0.25) is 9.63 Å². The van der Waals surface area contributed by atoms with Crippen molar-refractivity contribution in [1.82, 2.24) is 5.06 Å². The largest absolute Gasteiger partial charge is 0.416 e. The number of rotatable bonds is 2. The number of halogens is 3. The normalized spacial score (nSPS) is 18.9. The van der Waals surface area contributed by atoms with Crippen molar-refractivity contribution >= 4 is 23.0 Å². The molecule has 0 aromatic heterocycles. The third-order valence-electron chi connectivity index (χ3n) is 5.15. The van der Waals surface area contributed by atoms with Crippen LogP contribution in [0.4, 0.5) is 30.2 Å². The molecule has 2 aliphatic rings. The van der Waals surface area contributed by atoms with Gasteiger partial charge in [-0.15, -0.1) is 0 Å². The van der Waals surface area contributed by atoms with Gasteiger partial charge in [-0.1, -0.05) is 12.6 Å². The summed E-state index contributed by atoms with van der Waals surface area (Å²) in [5.41, 5.74) is 2.75. The Labute approximate surface area is 166 Å². The SMILES string of the molecule is C=CC(=O)N1OCCNc2cccc3c2CC1CN3c1ccc(C(F)(F)F)cc1. The van der Waals surface area contributed by atoms with Crippen LogP contribution in [0.15, 0.2) is 55.1 Å². The van der Waals surface area contributed by atoms with E-state index in [9.17, 15) is 18.0 Å². The highest BCUT2D eigenvalue weighted by Crippen LogP contribution is 2.40. The molecule has 4 rings (SSSR count). The maximum absolute atomic E-state index is 13.0. The lowest BCUT2D eigenvalue weighted by Gasteiger charge is -2.40. The van der Waals surface area contributed by atoms with E-state index < -0.39 is 11.7 Å². The summed E-state index contributed by atoms with van der Waals surface area (Å²) in [6.07, 6.45) is -2.62. The van der Waals surface area contributed by atoms with E-state index in [0.717, 1.165) is 29.1 Å². The molecule has 1 N–H and O–H groups in total. The van der Waals surface area contributed by atoms with Crippen LogP contribution in [0, 0.1) is 0 Å². The minimum atomic E-state index is -4.39. The summed E-state index contributed by atoms with van der Waals surface area (Å²) in [4.78, 5) is 20.0. The highest BCUT2D eigenvalue weighted by atomic mass is 19.4. The van der Waals surface area contributed by atoms with Crippen molar-refractivity contribution in [2.45, 2.75) is 18.6 Å². The lowest BCUT2D eigenvalue weighted by Crippen LogP contribution is -2.49. The van der Waals surface area contributed by atoms with Crippen LogP contribution in [0.2, 0.25) is 0 Å². The van der Waals surface area contributed by atoms with Crippen LogP contribution in [0.25, 0.3) is 0 Å². The van der Waals surface area contributed by atoms with Crippen molar-refractivity contribution in [3.8, 4) is 0 Å². The first-order valence-electron chi connectivity index (χ1n) is 9.27. The predicted octanol–water partition coefficient (Wildman–Crippen LogP) is 4.14. The van der Waals surface area contributed by atoms with Crippen LogP contribution in [0.1, 0.15) is 11.1 Å². The van der Waals surface area contributed by atoms with Crippen LogP contribution >= 0.6 is 0 Å². The zero-order valence-electron chi connectivity index (χ0n) is 15.6. The Bertz CT molecular complexity index is 928. The van der Waals surface area contributed by atoms with Gasteiger partial charge in [0, 0.05) is 42.1 Å². The van der Waals surface area contributed by atoms with Crippen molar-refractivity contribution in [3.63, 3.8) is 0 Å². The number of amides is 1. The monoisotopic (exact) mass is 403 g/mol. The number of benzene rings is 2. The summed E-state index contributed by atoms with van der Waals surface area (Å²) in [6.45, 7) is 4.76. The van der Waals surface area contributed by atoms with Gasteiger partial charge in [0.2, 0.25) is 0 Å². The van der Waals surface area contributed by atoms with Gasteiger partial charge in [0.1, 0.15) is 0 Å². The van der Waals surface area contributed by atoms with Gasteiger partial charge in [0.05, 0.1) is 18.2 Å². The Balaban J connectivity index is 1.78. The number of hydroxylamine groups is 2. The number of hydrogen-bond donors (Lipinski definition) is 1. The van der Waals surface area contributed by atoms with Crippen molar-refractivity contribution in [2.75, 3.05) is 29.9 Å². The average Bonchev–Trinajstić information content (AvgIpc) is 2.79. The van der Waals surface area contributed by atoms with Crippen LogP contribution in [-0.4, -0.2) is 36.7 Å². The first-order valence-corrected chi connectivity index (χ1v) is 9.27. The Hall–Kier alpha value is -3.00. The van der Waals surface area contributed by atoms with E-state index in [1.165, 1.54) is 23.3 Å². The molecule has 2 aromatic carbocycles. The lowest BCUT2D eigenvalue weighted by molar-refractivity contribution is -0.192. The molecule has 1 amide bonds. The number of anilines is 3. The fourth-order valence-corrected chi connectivity index (χ4v) is 3.82. The molecule has 0 radical (unpaired) electrons. The fraction of sp³-hybridized carbons (Fsp3) is 0.286. The fourth-order valence-electron chi connectivity index (χ4n) is 3.82. The number of nitrogens with zero attached hydrogens (tertiary/aromatic N) is 2. The van der Waals surface area contributed by atoms with Crippen molar-refractivity contribution in [3.05, 3.63) is 66.2 Å². The molecule has 0 saturated heterocycles. The maximum Gasteiger partial charge on any atom is 0.416 e. The van der Waals surface area contributed by atoms with E-state index in [-0.39, 0.29) is 11.9 Å². The van der Waals surface area contributed by atoms with Crippen LogP contribution in [-0.2, 0) is 22.2 Å². The summed E-state index contributed by atoms with van der Waals surface area (Å²) in [5.74, 6) is -0.342. The summed E-state index contributed by atoms with van der Waals surface area (Å²) in [7, 11) is 0. The summed E-state index contributed by atoms with van der Waals surface area (Å²) >= 11 is 0. The highest BCUT2D eigenvalue weighted by molar-refractivity contribution is 5.87. The molecule has 0 fully saturated rings. The van der Waals surface area contributed by atoms with Gasteiger partial charge < -0.3 is 10.2 Å². The minimum Gasteiger partial charge on any atom is -0.382 e. The van der Waals surface area contributed by atoms with E-state index >= 15 is 0 Å². The quantitative estimate of drug-likeness (QED) is 0.766. The van der Waals surface area contributed by atoms with Gasteiger partial charge in [-0.25, -0.2) is 5.06 Å². The summed E-state index contributed by atoms with van der Waals surface area (Å²) in [5, 5.41) is 4.64. The van der Waals surface area contributed by atoms with Crippen molar-refractivity contribution in [2.24, 2.45) is 0 Å². The molecule has 5 nitrogen and oxygen atoms in total. The van der Waals surface area contributed by atoms with Gasteiger partial charge in [0.25, 0.3) is 5.91 Å². The second-order valence-electron chi connectivity index (χ2n) is 6.94. The van der Waals surface area contributed by atoms with Crippen LogP contribution in [0.5, 0.6) is 0 Å². The molecule has 0 aliphatic carbocycles. The number of alkyl halides is 3. The van der Waals surface area contributed by atoms with Gasteiger partial charge in [-0.2, -0.15) is 13.2 Å². The molecule has 1 atom stereocenters. The molecule has 1 unspecified atom stereocenters. The van der Waals surface area contributed by atoms with Crippen LogP contribution in [0.3, 0.4) is 0 Å².